The summed E-state index contributed by atoms with van der Waals surface area (Å²) in [7, 11) is 1.51. The number of nitrogens with one attached hydrogen (secondary N) is 1. The van der Waals surface area contributed by atoms with Crippen LogP contribution in [0, 0.1) is 5.92 Å². The van der Waals surface area contributed by atoms with Crippen molar-refractivity contribution in [1.82, 2.24) is 25.3 Å². The highest BCUT2D eigenvalue weighted by atomic mass is 16.5. The lowest BCUT2D eigenvalue weighted by Crippen LogP contribution is -2.22. The number of hydrogen-bond acceptors (Lipinski definition) is 7. The van der Waals surface area contributed by atoms with Crippen molar-refractivity contribution in [2.75, 3.05) is 20.1 Å². The van der Waals surface area contributed by atoms with Crippen LogP contribution in [-0.2, 0) is 13.0 Å². The molecule has 140 valence electrons. The van der Waals surface area contributed by atoms with E-state index in [0.717, 1.165) is 16.6 Å². The molecule has 1 saturated heterocycles. The van der Waals surface area contributed by atoms with E-state index in [2.05, 4.69) is 26.4 Å². The van der Waals surface area contributed by atoms with E-state index in [1.807, 2.05) is 30.3 Å². The first-order valence-electron chi connectivity index (χ1n) is 8.92. The summed E-state index contributed by atoms with van der Waals surface area (Å²) in [6.45, 7) is 1.63. The van der Waals surface area contributed by atoms with Crippen molar-refractivity contribution < 1.29 is 14.4 Å². The van der Waals surface area contributed by atoms with Gasteiger partial charge in [0.25, 0.3) is 11.7 Å². The van der Waals surface area contributed by atoms with Crippen LogP contribution in [-0.4, -0.2) is 57.3 Å². The number of rotatable bonds is 5. The lowest BCUT2D eigenvalue weighted by Gasteiger charge is -2.13. The summed E-state index contributed by atoms with van der Waals surface area (Å²) >= 11 is 0. The number of nitrogens with zero attached hydrogens (tertiary/aromatic N) is 4. The molecular weight excluding hydrogens is 346 g/mol. The van der Waals surface area contributed by atoms with Gasteiger partial charge < -0.3 is 14.9 Å². The molecule has 1 fully saturated rings. The Kier molecular flexibility index (Phi) is 4.83. The molecule has 0 bridgehead atoms. The molecule has 1 aliphatic heterocycles. The van der Waals surface area contributed by atoms with Crippen molar-refractivity contribution in [3.63, 3.8) is 0 Å². The first-order valence-corrected chi connectivity index (χ1v) is 8.92. The minimum absolute atomic E-state index is 0.0177. The third kappa shape index (κ3) is 3.81. The Balaban J connectivity index is 1.40. The Morgan fingerprint density at radius 1 is 1.26 bits per heavy atom. The lowest BCUT2D eigenvalue weighted by atomic mass is 9.99. The molecule has 2 N–H and O–H groups in total. The first kappa shape index (κ1) is 17.6. The highest BCUT2D eigenvalue weighted by Crippen LogP contribution is 2.23. The second kappa shape index (κ2) is 7.42. The molecule has 27 heavy (non-hydrogen) atoms. The fourth-order valence-corrected chi connectivity index (χ4v) is 3.48. The van der Waals surface area contributed by atoms with Gasteiger partial charge in [0.15, 0.2) is 0 Å². The second-order valence-corrected chi connectivity index (χ2v) is 6.81. The number of aliphatic hydroxyl groups is 1. The first-order chi connectivity index (χ1) is 13.1. The highest BCUT2D eigenvalue weighted by molar-refractivity contribution is 5.89. The molecule has 0 spiro atoms. The lowest BCUT2D eigenvalue weighted by molar-refractivity contribution is 0.0950. The molecule has 1 aliphatic rings. The van der Waals surface area contributed by atoms with Crippen LogP contribution < -0.4 is 5.32 Å². The smallest absolute Gasteiger partial charge is 0.292 e. The van der Waals surface area contributed by atoms with E-state index in [0.29, 0.717) is 31.9 Å². The number of para-hydroxylation sites is 1. The molecule has 1 aromatic carbocycles. The summed E-state index contributed by atoms with van der Waals surface area (Å²) < 4.78 is 5.13. The van der Waals surface area contributed by atoms with E-state index in [-0.39, 0.29) is 17.6 Å². The Morgan fingerprint density at radius 2 is 2.11 bits per heavy atom. The predicted octanol–water partition coefficient (Wildman–Crippen LogP) is 1.01. The van der Waals surface area contributed by atoms with Crippen molar-refractivity contribution >= 4 is 16.8 Å². The van der Waals surface area contributed by atoms with Crippen LogP contribution >= 0.6 is 0 Å². The van der Waals surface area contributed by atoms with Gasteiger partial charge in [-0.25, -0.2) is 0 Å². The van der Waals surface area contributed by atoms with Gasteiger partial charge in [0, 0.05) is 37.1 Å². The third-order valence-electron chi connectivity index (χ3n) is 4.87. The van der Waals surface area contributed by atoms with E-state index in [1.165, 1.54) is 7.05 Å². The van der Waals surface area contributed by atoms with Gasteiger partial charge in [-0.3, -0.25) is 14.7 Å². The van der Waals surface area contributed by atoms with Gasteiger partial charge in [0.05, 0.1) is 18.2 Å². The quantitative estimate of drug-likeness (QED) is 0.693. The molecule has 1 amide bonds. The van der Waals surface area contributed by atoms with Gasteiger partial charge in [0.1, 0.15) is 0 Å². The molecule has 2 atom stereocenters. The number of hydrogen-bond donors (Lipinski definition) is 2. The third-order valence-corrected chi connectivity index (χ3v) is 4.87. The zero-order valence-electron chi connectivity index (χ0n) is 15.0. The molecule has 0 aliphatic carbocycles. The van der Waals surface area contributed by atoms with Crippen molar-refractivity contribution in [2.24, 2.45) is 5.92 Å². The van der Waals surface area contributed by atoms with Crippen LogP contribution in [0.1, 0.15) is 22.2 Å². The monoisotopic (exact) mass is 367 g/mol. The topological polar surface area (TPSA) is 104 Å². The maximum absolute atomic E-state index is 11.5. The average Bonchev–Trinajstić information content (AvgIpc) is 3.28. The Morgan fingerprint density at radius 3 is 2.96 bits per heavy atom. The number of benzene rings is 1. The van der Waals surface area contributed by atoms with E-state index >= 15 is 0 Å². The summed E-state index contributed by atoms with van der Waals surface area (Å²) in [6.07, 6.45) is 0.259. The van der Waals surface area contributed by atoms with Crippen LogP contribution in [0.15, 0.2) is 40.9 Å². The predicted molar refractivity (Wildman–Crippen MR) is 97.9 cm³/mol. The van der Waals surface area contributed by atoms with Crippen LogP contribution in [0.5, 0.6) is 0 Å². The van der Waals surface area contributed by atoms with E-state index in [4.69, 9.17) is 9.51 Å². The van der Waals surface area contributed by atoms with Crippen molar-refractivity contribution in [3.8, 4) is 0 Å². The van der Waals surface area contributed by atoms with Crippen LogP contribution in [0.4, 0.5) is 0 Å². The van der Waals surface area contributed by atoms with Gasteiger partial charge in [-0.15, -0.1) is 0 Å². The molecular formula is C19H21N5O3. The summed E-state index contributed by atoms with van der Waals surface area (Å²) in [6, 6.07) is 12.1. The normalized spacial score (nSPS) is 20.2. The molecule has 8 nitrogen and oxygen atoms in total. The fraction of sp³-hybridized carbons (Fsp3) is 0.368. The van der Waals surface area contributed by atoms with Crippen LogP contribution in [0.2, 0.25) is 0 Å². The Labute approximate surface area is 156 Å². The van der Waals surface area contributed by atoms with Gasteiger partial charge in [-0.2, -0.15) is 4.98 Å². The average molecular weight is 367 g/mol. The molecule has 3 heterocycles. The molecule has 0 unspecified atom stereocenters. The number of amides is 1. The van der Waals surface area contributed by atoms with Gasteiger partial charge in [0.2, 0.25) is 5.89 Å². The van der Waals surface area contributed by atoms with Gasteiger partial charge >= 0.3 is 0 Å². The standard InChI is InChI=1S/C19H21N5O3/c1-20-19(26)18-22-17(27-23-18)11-24-9-13(16(25)10-24)8-14-7-6-12-4-2-3-5-15(12)21-14/h2-7,13,16,25H,8-11H2,1H3,(H,20,26)/t13-,16-/m1/s1. The minimum Gasteiger partial charge on any atom is -0.391 e. The van der Waals surface area contributed by atoms with Crippen LogP contribution in [0.3, 0.4) is 0 Å². The number of carbonyl (C=O) groups excluding carboxylic acids is 1. The maximum atomic E-state index is 11.5. The second-order valence-electron chi connectivity index (χ2n) is 6.81. The number of pyridine rings is 1. The summed E-state index contributed by atoms with van der Waals surface area (Å²) in [5, 5.41) is 17.7. The van der Waals surface area contributed by atoms with E-state index in [9.17, 15) is 9.90 Å². The SMILES string of the molecule is CNC(=O)c1noc(CN2C[C@@H](Cc3ccc4ccccc4n3)[C@H](O)C2)n1. The molecule has 8 heteroatoms. The van der Waals surface area contributed by atoms with Crippen LogP contribution in [0.25, 0.3) is 10.9 Å². The molecule has 0 radical (unpaired) electrons. The summed E-state index contributed by atoms with van der Waals surface area (Å²) in [5.74, 6) is 0.0844. The number of aromatic nitrogens is 3. The molecule has 2 aromatic heterocycles. The summed E-state index contributed by atoms with van der Waals surface area (Å²) in [4.78, 5) is 22.3. The van der Waals surface area contributed by atoms with E-state index < -0.39 is 6.10 Å². The number of carbonyl (C=O) groups is 1. The van der Waals surface area contributed by atoms with Gasteiger partial charge in [-0.05, 0) is 18.6 Å². The summed E-state index contributed by atoms with van der Waals surface area (Å²) in [5.41, 5.74) is 1.94. The number of fused-ring (bicyclic) bond motifs is 1. The molecule has 0 saturated carbocycles. The molecule has 3 aromatic rings. The van der Waals surface area contributed by atoms with Crippen molar-refractivity contribution in [3.05, 3.63) is 53.8 Å². The number of aliphatic hydroxyl groups excluding tert-OH is 1. The van der Waals surface area contributed by atoms with Crippen molar-refractivity contribution in [2.45, 2.75) is 19.1 Å². The highest BCUT2D eigenvalue weighted by Gasteiger charge is 2.32. The largest absolute Gasteiger partial charge is 0.391 e. The zero-order valence-corrected chi connectivity index (χ0v) is 15.0. The number of likely N-dealkylation sites (tertiary alicyclic amines) is 1. The van der Waals surface area contributed by atoms with Gasteiger partial charge in [-0.1, -0.05) is 29.4 Å². The van der Waals surface area contributed by atoms with Crippen molar-refractivity contribution in [1.29, 1.82) is 0 Å². The Hall–Kier alpha value is -2.84. The van der Waals surface area contributed by atoms with E-state index in [1.54, 1.807) is 0 Å². The minimum atomic E-state index is -0.445. The maximum Gasteiger partial charge on any atom is 0.292 e. The number of β-amino-alcohol motifs (C(OH)–C–C–N with tert-alkyl or cyclic N) is 1. The molecule has 4 rings (SSSR count). The fourth-order valence-electron chi connectivity index (χ4n) is 3.48. The Bertz CT molecular complexity index is 957. The zero-order chi connectivity index (χ0) is 18.8.